The molecule has 0 unspecified atom stereocenters. The van der Waals surface area contributed by atoms with Gasteiger partial charge in [-0.25, -0.2) is 0 Å². The van der Waals surface area contributed by atoms with Crippen LogP contribution in [0.25, 0.3) is 0 Å². The first-order valence-corrected chi connectivity index (χ1v) is 10.9. The zero-order valence-corrected chi connectivity index (χ0v) is 17.8. The minimum Gasteiger partial charge on any atom is -0.360 e. The van der Waals surface area contributed by atoms with Crippen molar-refractivity contribution >= 4 is 45.6 Å². The summed E-state index contributed by atoms with van der Waals surface area (Å²) < 4.78 is 0.729. The third-order valence-corrected chi connectivity index (χ3v) is 6.19. The monoisotopic (exact) mass is 426 g/mol. The van der Waals surface area contributed by atoms with Crippen LogP contribution in [-0.4, -0.2) is 33.7 Å². The Morgan fingerprint density at radius 3 is 2.66 bits per heavy atom. The van der Waals surface area contributed by atoms with Crippen LogP contribution in [0.4, 0.5) is 10.8 Å². The van der Waals surface area contributed by atoms with Crippen molar-refractivity contribution in [1.29, 1.82) is 0 Å². The first-order chi connectivity index (χ1) is 14.0. The van der Waals surface area contributed by atoms with Crippen molar-refractivity contribution in [3.63, 3.8) is 0 Å². The van der Waals surface area contributed by atoms with Crippen LogP contribution in [-0.2, 0) is 11.2 Å². The molecule has 0 spiro atoms. The number of hydrogen-bond acceptors (Lipinski definition) is 7. The molecule has 1 heterocycles. The van der Waals surface area contributed by atoms with E-state index in [0.717, 1.165) is 22.4 Å². The van der Waals surface area contributed by atoms with Gasteiger partial charge in [0.2, 0.25) is 11.0 Å². The molecule has 2 N–H and O–H groups in total. The Hall–Kier alpha value is -2.71. The molecule has 1 aromatic heterocycles. The minimum atomic E-state index is -0.346. The van der Waals surface area contributed by atoms with Gasteiger partial charge in [-0.15, -0.1) is 10.2 Å². The molecule has 2 aromatic carbocycles. The molecule has 0 aliphatic rings. The van der Waals surface area contributed by atoms with E-state index in [9.17, 15) is 9.59 Å². The van der Waals surface area contributed by atoms with Gasteiger partial charge in [0, 0.05) is 17.8 Å². The van der Waals surface area contributed by atoms with Crippen LogP contribution < -0.4 is 10.6 Å². The van der Waals surface area contributed by atoms with Crippen molar-refractivity contribution in [2.45, 2.75) is 29.9 Å². The third kappa shape index (κ3) is 6.40. The van der Waals surface area contributed by atoms with Crippen molar-refractivity contribution in [1.82, 2.24) is 10.2 Å². The first kappa shape index (κ1) is 21.0. The SMILES string of the molecule is CC(=O)c1cccc(NC(=O)[C@H](C)Sc2nnc(NCCc3ccccc3)s2)c1. The van der Waals surface area contributed by atoms with E-state index < -0.39 is 0 Å². The first-order valence-electron chi connectivity index (χ1n) is 9.21. The van der Waals surface area contributed by atoms with Gasteiger partial charge in [-0.3, -0.25) is 9.59 Å². The number of aromatic nitrogens is 2. The number of anilines is 2. The lowest BCUT2D eigenvalue weighted by atomic mass is 10.1. The molecule has 29 heavy (non-hydrogen) atoms. The number of carbonyl (C=O) groups excluding carboxylic acids is 2. The number of hydrogen-bond donors (Lipinski definition) is 2. The quantitative estimate of drug-likeness (QED) is 0.387. The number of ketones is 1. The summed E-state index contributed by atoms with van der Waals surface area (Å²) >= 11 is 2.79. The summed E-state index contributed by atoms with van der Waals surface area (Å²) in [6, 6.07) is 17.2. The summed E-state index contributed by atoms with van der Waals surface area (Å²) in [6.07, 6.45) is 0.904. The van der Waals surface area contributed by atoms with Crippen LogP contribution in [0, 0.1) is 0 Å². The second kappa shape index (κ2) is 10.2. The van der Waals surface area contributed by atoms with Gasteiger partial charge in [0.15, 0.2) is 10.1 Å². The molecule has 6 nitrogen and oxygen atoms in total. The van der Waals surface area contributed by atoms with Crippen LogP contribution in [0.15, 0.2) is 58.9 Å². The molecule has 1 amide bonds. The van der Waals surface area contributed by atoms with E-state index in [2.05, 4.69) is 33.0 Å². The van der Waals surface area contributed by atoms with Gasteiger partial charge in [-0.2, -0.15) is 0 Å². The summed E-state index contributed by atoms with van der Waals surface area (Å²) in [5, 5.41) is 14.8. The van der Waals surface area contributed by atoms with Gasteiger partial charge in [-0.1, -0.05) is 65.6 Å². The average Bonchev–Trinajstić information content (AvgIpc) is 3.16. The molecule has 0 saturated heterocycles. The smallest absolute Gasteiger partial charge is 0.237 e. The van der Waals surface area contributed by atoms with Gasteiger partial charge in [0.1, 0.15) is 0 Å². The zero-order chi connectivity index (χ0) is 20.6. The average molecular weight is 427 g/mol. The van der Waals surface area contributed by atoms with E-state index in [-0.39, 0.29) is 16.9 Å². The van der Waals surface area contributed by atoms with E-state index in [1.807, 2.05) is 25.1 Å². The molecule has 0 fully saturated rings. The van der Waals surface area contributed by atoms with Gasteiger partial charge >= 0.3 is 0 Å². The summed E-state index contributed by atoms with van der Waals surface area (Å²) in [5.74, 6) is -0.186. The van der Waals surface area contributed by atoms with Crippen molar-refractivity contribution in [3.8, 4) is 0 Å². The van der Waals surface area contributed by atoms with Crippen LogP contribution in [0.2, 0.25) is 0 Å². The fraction of sp³-hybridized carbons (Fsp3) is 0.238. The second-order valence-corrected chi connectivity index (χ2v) is 8.99. The van der Waals surface area contributed by atoms with Crippen molar-refractivity contribution in [2.24, 2.45) is 0 Å². The fourth-order valence-electron chi connectivity index (χ4n) is 2.55. The molecular formula is C21H22N4O2S2. The number of rotatable bonds is 9. The summed E-state index contributed by atoms with van der Waals surface area (Å²) in [4.78, 5) is 23.9. The maximum absolute atomic E-state index is 12.5. The normalized spacial score (nSPS) is 11.7. The van der Waals surface area contributed by atoms with E-state index in [0.29, 0.717) is 11.3 Å². The highest BCUT2D eigenvalue weighted by Gasteiger charge is 2.17. The Morgan fingerprint density at radius 1 is 1.10 bits per heavy atom. The molecule has 3 aromatic rings. The van der Waals surface area contributed by atoms with Gasteiger partial charge in [-0.05, 0) is 38.0 Å². The third-order valence-electron chi connectivity index (χ3n) is 4.12. The molecule has 0 aliphatic carbocycles. The largest absolute Gasteiger partial charge is 0.360 e. The van der Waals surface area contributed by atoms with Gasteiger partial charge in [0.05, 0.1) is 5.25 Å². The molecule has 0 saturated carbocycles. The number of nitrogens with zero attached hydrogens (tertiary/aromatic N) is 2. The number of Topliss-reactive ketones (excluding diaryl/α,β-unsaturated/α-hetero) is 1. The molecule has 150 valence electrons. The molecular weight excluding hydrogens is 404 g/mol. The Bertz CT molecular complexity index is 976. The zero-order valence-electron chi connectivity index (χ0n) is 16.2. The topological polar surface area (TPSA) is 84.0 Å². The van der Waals surface area contributed by atoms with Crippen LogP contribution >= 0.6 is 23.1 Å². The number of thioether (sulfide) groups is 1. The fourth-order valence-corrected chi connectivity index (χ4v) is 4.47. The molecule has 0 aliphatic heterocycles. The lowest BCUT2D eigenvalue weighted by molar-refractivity contribution is -0.115. The standard InChI is InChI=1S/C21H22N4O2S2/c1-14(26)17-9-6-10-18(13-17)23-19(27)15(2)28-21-25-24-20(29-21)22-12-11-16-7-4-3-5-8-16/h3-10,13,15H,11-12H2,1-2H3,(H,22,24)(H,23,27)/t15-/m0/s1. The van der Waals surface area contributed by atoms with E-state index in [4.69, 9.17) is 0 Å². The molecule has 8 heteroatoms. The highest BCUT2D eigenvalue weighted by Crippen LogP contribution is 2.29. The Morgan fingerprint density at radius 2 is 1.90 bits per heavy atom. The van der Waals surface area contributed by atoms with Crippen LogP contribution in [0.5, 0.6) is 0 Å². The maximum atomic E-state index is 12.5. The predicted octanol–water partition coefficient (Wildman–Crippen LogP) is 4.51. The van der Waals surface area contributed by atoms with E-state index in [1.165, 1.54) is 35.6 Å². The molecule has 0 radical (unpaired) electrons. The molecule has 1 atom stereocenters. The highest BCUT2D eigenvalue weighted by atomic mass is 32.2. The number of nitrogens with one attached hydrogen (secondary N) is 2. The Balaban J connectivity index is 1.49. The lowest BCUT2D eigenvalue weighted by Gasteiger charge is -2.10. The Labute approximate surface area is 178 Å². The van der Waals surface area contributed by atoms with Crippen molar-refractivity contribution < 1.29 is 9.59 Å². The van der Waals surface area contributed by atoms with E-state index in [1.54, 1.807) is 24.3 Å². The number of benzene rings is 2. The maximum Gasteiger partial charge on any atom is 0.237 e. The van der Waals surface area contributed by atoms with Crippen LogP contribution in [0.3, 0.4) is 0 Å². The van der Waals surface area contributed by atoms with Crippen molar-refractivity contribution in [3.05, 3.63) is 65.7 Å². The number of amides is 1. The van der Waals surface area contributed by atoms with E-state index >= 15 is 0 Å². The minimum absolute atomic E-state index is 0.0373. The van der Waals surface area contributed by atoms with Gasteiger partial charge < -0.3 is 10.6 Å². The van der Waals surface area contributed by atoms with Gasteiger partial charge in [0.25, 0.3) is 0 Å². The van der Waals surface area contributed by atoms with Crippen LogP contribution in [0.1, 0.15) is 29.8 Å². The highest BCUT2D eigenvalue weighted by molar-refractivity contribution is 8.02. The second-order valence-electron chi connectivity index (χ2n) is 6.42. The Kier molecular flexibility index (Phi) is 7.37. The molecule has 0 bridgehead atoms. The summed E-state index contributed by atoms with van der Waals surface area (Å²) in [7, 11) is 0. The van der Waals surface area contributed by atoms with Crippen molar-refractivity contribution in [2.75, 3.05) is 17.2 Å². The number of carbonyl (C=O) groups is 2. The summed E-state index contributed by atoms with van der Waals surface area (Å²) in [6.45, 7) is 4.09. The summed E-state index contributed by atoms with van der Waals surface area (Å²) in [5.41, 5.74) is 2.44. The molecule has 3 rings (SSSR count). The predicted molar refractivity (Wildman–Crippen MR) is 119 cm³/mol. The lowest BCUT2D eigenvalue weighted by Crippen LogP contribution is -2.22.